The first-order valence-corrected chi connectivity index (χ1v) is 10.8. The topological polar surface area (TPSA) is 118 Å². The second-order valence-electron chi connectivity index (χ2n) is 5.87. The lowest BCUT2D eigenvalue weighted by molar-refractivity contribution is 0.232. The van der Waals surface area contributed by atoms with Crippen molar-refractivity contribution in [3.63, 3.8) is 0 Å². The Bertz CT molecular complexity index is 929. The van der Waals surface area contributed by atoms with E-state index in [1.54, 1.807) is 12.1 Å². The molecule has 0 saturated heterocycles. The van der Waals surface area contributed by atoms with Gasteiger partial charge in [-0.2, -0.15) is 0 Å². The third kappa shape index (κ3) is 4.22. The summed E-state index contributed by atoms with van der Waals surface area (Å²) in [5.74, 6) is 0.365. The Balaban J connectivity index is 1.71. The summed E-state index contributed by atoms with van der Waals surface area (Å²) in [5.41, 5.74) is 3.59. The molecule has 3 rings (SSSR count). The molecule has 0 radical (unpaired) electrons. The van der Waals surface area contributed by atoms with E-state index in [-0.39, 0.29) is 29.1 Å². The molecule has 0 saturated carbocycles. The van der Waals surface area contributed by atoms with Crippen molar-refractivity contribution in [1.29, 1.82) is 0 Å². The molecule has 0 spiro atoms. The maximum Gasteiger partial charge on any atom is 0.185 e. The van der Waals surface area contributed by atoms with E-state index in [1.807, 2.05) is 5.48 Å². The molecule has 0 bridgehead atoms. The fraction of sp³-hybridized carbons (Fsp3) is 0.400. The van der Waals surface area contributed by atoms with Crippen molar-refractivity contribution in [3.8, 4) is 0 Å². The summed E-state index contributed by atoms with van der Waals surface area (Å²) in [7, 11) is -3.02. The number of amidine groups is 1. The molecule has 11 heteroatoms. The van der Waals surface area contributed by atoms with Gasteiger partial charge in [-0.3, -0.25) is 15.7 Å². The van der Waals surface area contributed by atoms with Gasteiger partial charge in [0, 0.05) is 18.4 Å². The van der Waals surface area contributed by atoms with Gasteiger partial charge in [0.1, 0.15) is 15.7 Å². The number of benzene rings is 1. The van der Waals surface area contributed by atoms with Gasteiger partial charge in [0.25, 0.3) is 0 Å². The van der Waals surface area contributed by atoms with E-state index in [0.29, 0.717) is 29.2 Å². The zero-order chi connectivity index (χ0) is 18.7. The van der Waals surface area contributed by atoms with Gasteiger partial charge < -0.3 is 0 Å². The van der Waals surface area contributed by atoms with Gasteiger partial charge in [0.05, 0.1) is 11.8 Å². The minimum absolute atomic E-state index is 0.0665. The van der Waals surface area contributed by atoms with E-state index in [4.69, 9.17) is 4.63 Å². The quantitative estimate of drug-likeness (QED) is 0.237. The second-order valence-corrected chi connectivity index (χ2v) is 9.21. The van der Waals surface area contributed by atoms with E-state index >= 15 is 0 Å². The monoisotopic (exact) mass is 400 g/mol. The number of sulfone groups is 1. The van der Waals surface area contributed by atoms with Gasteiger partial charge in [-0.15, -0.1) is 11.8 Å². The highest BCUT2D eigenvalue weighted by molar-refractivity contribution is 7.99. The second kappa shape index (κ2) is 7.72. The molecule has 1 aliphatic rings. The number of hydrogen-bond acceptors (Lipinski definition) is 8. The Morgan fingerprint density at radius 1 is 1.50 bits per heavy atom. The number of nitrogens with zero attached hydrogens (tertiary/aromatic N) is 3. The van der Waals surface area contributed by atoms with E-state index in [9.17, 15) is 18.0 Å². The molecule has 0 aliphatic heterocycles. The van der Waals surface area contributed by atoms with Crippen LogP contribution in [-0.4, -0.2) is 47.5 Å². The lowest BCUT2D eigenvalue weighted by Crippen LogP contribution is -2.26. The molecule has 8 nitrogen and oxygen atoms in total. The number of rotatable bonds is 7. The normalized spacial score (nSPS) is 16.9. The molecule has 26 heavy (non-hydrogen) atoms. The third-order valence-corrected chi connectivity index (χ3v) is 5.95. The highest BCUT2D eigenvalue weighted by Gasteiger charge is 2.30. The summed E-state index contributed by atoms with van der Waals surface area (Å²) in [6.45, 7) is 0. The number of aromatic nitrogens is 2. The number of halogens is 1. The fourth-order valence-electron chi connectivity index (χ4n) is 2.60. The van der Waals surface area contributed by atoms with Crippen LogP contribution in [-0.2, 0) is 16.3 Å². The number of thioether (sulfide) groups is 1. The zero-order valence-electron chi connectivity index (χ0n) is 13.8. The molecule has 0 amide bonds. The maximum atomic E-state index is 13.6. The molecule has 140 valence electrons. The summed E-state index contributed by atoms with van der Waals surface area (Å²) >= 11 is 1.26. The van der Waals surface area contributed by atoms with E-state index in [2.05, 4.69) is 15.3 Å². The van der Waals surface area contributed by atoms with Crippen LogP contribution in [0.3, 0.4) is 0 Å². The average Bonchev–Trinajstić information content (AvgIpc) is 3.01. The molecule has 0 fully saturated rings. The molecule has 1 heterocycles. The molecule has 2 aromatic rings. The highest BCUT2D eigenvalue weighted by Crippen LogP contribution is 2.38. The number of hydrogen-bond donors (Lipinski definition) is 2. The number of nitrogens with one attached hydrogen (secondary N) is 1. The Kier molecular flexibility index (Phi) is 5.58. The average molecular weight is 400 g/mol. The molecule has 1 unspecified atom stereocenters. The van der Waals surface area contributed by atoms with E-state index in [1.165, 1.54) is 24.1 Å². The predicted octanol–water partition coefficient (Wildman–Crippen LogP) is 1.76. The minimum atomic E-state index is -3.02. The van der Waals surface area contributed by atoms with Crippen LogP contribution in [0.25, 0.3) is 0 Å². The molecular formula is C15H17FN4O4S2. The first-order chi connectivity index (χ1) is 12.4. The van der Waals surface area contributed by atoms with Crippen molar-refractivity contribution in [1.82, 2.24) is 15.8 Å². The summed E-state index contributed by atoms with van der Waals surface area (Å²) < 4.78 is 40.6. The summed E-state index contributed by atoms with van der Waals surface area (Å²) in [6.07, 6.45) is 2.06. The first kappa shape index (κ1) is 18.8. The largest absolute Gasteiger partial charge is 0.290 e. The standard InChI is InChI=1S/C15H17FN4O4S2/c1-26(22,23)7-3-6-25-15-13(19-24-20-15)14(18-21)17-12-8-10-9(12)4-2-5-11(10)16/h2,4-5,12,21H,3,6-8H2,1H3,(H,17,18). The van der Waals surface area contributed by atoms with Gasteiger partial charge in [-0.05, 0) is 33.9 Å². The SMILES string of the molecule is CS(=O)(=O)CCCSc1nonc1C(=NC1Cc2c(F)cccc21)NO. The van der Waals surface area contributed by atoms with Crippen LogP contribution < -0.4 is 5.48 Å². The van der Waals surface area contributed by atoms with Crippen molar-refractivity contribution >= 4 is 27.4 Å². The van der Waals surface area contributed by atoms with Gasteiger partial charge in [0.15, 0.2) is 16.6 Å². The maximum absolute atomic E-state index is 13.6. The van der Waals surface area contributed by atoms with Gasteiger partial charge in [-0.1, -0.05) is 12.1 Å². The smallest absolute Gasteiger partial charge is 0.185 e. The predicted molar refractivity (Wildman–Crippen MR) is 93.7 cm³/mol. The van der Waals surface area contributed by atoms with Crippen LogP contribution in [0.1, 0.15) is 29.3 Å². The molecule has 1 aliphatic carbocycles. The molecule has 1 aromatic carbocycles. The van der Waals surface area contributed by atoms with Gasteiger partial charge in [-0.25, -0.2) is 17.4 Å². The van der Waals surface area contributed by atoms with Crippen molar-refractivity contribution in [2.75, 3.05) is 17.8 Å². The highest BCUT2D eigenvalue weighted by atomic mass is 32.2. The van der Waals surface area contributed by atoms with Crippen LogP contribution in [0, 0.1) is 5.82 Å². The molecule has 1 aromatic heterocycles. The number of aliphatic imine (C=N–C) groups is 1. The molecule has 1 atom stereocenters. The van der Waals surface area contributed by atoms with Crippen molar-refractivity contribution in [2.24, 2.45) is 4.99 Å². The molecule has 2 N–H and O–H groups in total. The summed E-state index contributed by atoms with van der Waals surface area (Å²) in [5, 5.41) is 17.3. The molecular weight excluding hydrogens is 383 g/mol. The minimum Gasteiger partial charge on any atom is -0.290 e. The van der Waals surface area contributed by atoms with Gasteiger partial charge >= 0.3 is 0 Å². The zero-order valence-corrected chi connectivity index (χ0v) is 15.5. The van der Waals surface area contributed by atoms with Crippen LogP contribution >= 0.6 is 11.8 Å². The van der Waals surface area contributed by atoms with E-state index < -0.39 is 9.84 Å². The van der Waals surface area contributed by atoms with Crippen molar-refractivity contribution in [2.45, 2.75) is 23.9 Å². The van der Waals surface area contributed by atoms with Crippen molar-refractivity contribution < 1.29 is 22.6 Å². The number of fused-ring (bicyclic) bond motifs is 1. The van der Waals surface area contributed by atoms with Crippen LogP contribution in [0.2, 0.25) is 0 Å². The third-order valence-electron chi connectivity index (χ3n) is 3.88. The van der Waals surface area contributed by atoms with Crippen molar-refractivity contribution in [3.05, 3.63) is 40.8 Å². The Hall–Kier alpha value is -1.98. The lowest BCUT2D eigenvalue weighted by atomic mass is 9.83. The van der Waals surface area contributed by atoms with E-state index in [0.717, 1.165) is 5.56 Å². The fourth-order valence-corrected chi connectivity index (χ4v) is 4.29. The van der Waals surface area contributed by atoms with Crippen LogP contribution in [0.15, 0.2) is 32.8 Å². The van der Waals surface area contributed by atoms with Gasteiger partial charge in [0.2, 0.25) is 0 Å². The Morgan fingerprint density at radius 2 is 2.31 bits per heavy atom. The van der Waals surface area contributed by atoms with Crippen LogP contribution in [0.5, 0.6) is 0 Å². The van der Waals surface area contributed by atoms with Crippen LogP contribution in [0.4, 0.5) is 4.39 Å². The Labute approximate surface area is 153 Å². The Morgan fingerprint density at radius 3 is 3.04 bits per heavy atom. The summed E-state index contributed by atoms with van der Waals surface area (Å²) in [6, 6.07) is 4.50. The summed E-state index contributed by atoms with van der Waals surface area (Å²) in [4.78, 5) is 4.37. The first-order valence-electron chi connectivity index (χ1n) is 7.77. The lowest BCUT2D eigenvalue weighted by Gasteiger charge is -2.27. The number of hydroxylamine groups is 1.